The lowest BCUT2D eigenvalue weighted by atomic mass is 10.0. The van der Waals surface area contributed by atoms with Gasteiger partial charge < -0.3 is 9.47 Å². The monoisotopic (exact) mass is 458 g/mol. The van der Waals surface area contributed by atoms with Crippen molar-refractivity contribution in [3.63, 3.8) is 0 Å². The number of benzene rings is 3. The van der Waals surface area contributed by atoms with Gasteiger partial charge in [0.25, 0.3) is 5.69 Å². The van der Waals surface area contributed by atoms with Gasteiger partial charge in [0.15, 0.2) is 0 Å². The highest BCUT2D eigenvalue weighted by Crippen LogP contribution is 2.32. The third-order valence-electron chi connectivity index (χ3n) is 4.81. The van der Waals surface area contributed by atoms with Gasteiger partial charge in [-0.05, 0) is 24.6 Å². The Balaban J connectivity index is 2.05. The molecule has 3 rings (SSSR count). The lowest BCUT2D eigenvalue weighted by Gasteiger charge is -2.19. The first-order valence-electron chi connectivity index (χ1n) is 9.75. The van der Waals surface area contributed by atoms with Crippen LogP contribution in [0.5, 0.6) is 5.75 Å². The van der Waals surface area contributed by atoms with E-state index in [9.17, 15) is 23.3 Å². The number of rotatable bonds is 9. The Morgan fingerprint density at radius 2 is 1.81 bits per heavy atom. The minimum atomic E-state index is -4.14. The molecule has 0 spiro atoms. The summed E-state index contributed by atoms with van der Waals surface area (Å²) in [5.74, 6) is -0.118. The molecule has 9 nitrogen and oxygen atoms in total. The maximum absolute atomic E-state index is 13.3. The van der Waals surface area contributed by atoms with Crippen LogP contribution in [0.15, 0.2) is 65.6 Å². The van der Waals surface area contributed by atoms with E-state index in [2.05, 4.69) is 4.72 Å². The predicted octanol–water partition coefficient (Wildman–Crippen LogP) is 3.73. The second-order valence-corrected chi connectivity index (χ2v) is 8.53. The number of esters is 1. The molecule has 0 bridgehead atoms. The lowest BCUT2D eigenvalue weighted by Crippen LogP contribution is -2.31. The van der Waals surface area contributed by atoms with Crippen molar-refractivity contribution in [1.29, 1.82) is 0 Å². The van der Waals surface area contributed by atoms with E-state index in [4.69, 9.17) is 9.47 Å². The number of fused-ring (bicyclic) bond motifs is 1. The average molecular weight is 458 g/mol. The van der Waals surface area contributed by atoms with Crippen molar-refractivity contribution in [2.75, 3.05) is 13.7 Å². The molecule has 10 heteroatoms. The van der Waals surface area contributed by atoms with Crippen LogP contribution >= 0.6 is 0 Å². The summed E-state index contributed by atoms with van der Waals surface area (Å²) >= 11 is 0. The van der Waals surface area contributed by atoms with Crippen LogP contribution in [0, 0.1) is 10.1 Å². The highest BCUT2D eigenvalue weighted by Gasteiger charge is 2.27. The molecule has 0 radical (unpaired) electrons. The van der Waals surface area contributed by atoms with Gasteiger partial charge in [0.05, 0.1) is 36.0 Å². The Kier molecular flexibility index (Phi) is 7.06. The average Bonchev–Trinajstić information content (AvgIpc) is 2.78. The number of methoxy groups -OCH3 is 1. The number of carbonyl (C=O) groups excluding carboxylic acids is 1. The van der Waals surface area contributed by atoms with Gasteiger partial charge in [-0.3, -0.25) is 14.9 Å². The molecule has 0 aliphatic rings. The van der Waals surface area contributed by atoms with Crippen molar-refractivity contribution in [3.05, 3.63) is 76.3 Å². The number of nitro groups is 1. The molecule has 3 aromatic rings. The molecule has 1 N–H and O–H groups in total. The quantitative estimate of drug-likeness (QED) is 0.294. The van der Waals surface area contributed by atoms with Crippen LogP contribution in [0.4, 0.5) is 5.69 Å². The number of non-ortho nitro benzene ring substituents is 1. The third-order valence-corrected chi connectivity index (χ3v) is 6.34. The molecular weight excluding hydrogens is 436 g/mol. The molecule has 0 heterocycles. The highest BCUT2D eigenvalue weighted by atomic mass is 32.2. The van der Waals surface area contributed by atoms with Crippen molar-refractivity contribution < 1.29 is 27.6 Å². The van der Waals surface area contributed by atoms with Crippen LogP contribution in [0.3, 0.4) is 0 Å². The van der Waals surface area contributed by atoms with Crippen LogP contribution in [0.25, 0.3) is 10.8 Å². The maximum atomic E-state index is 13.3. The van der Waals surface area contributed by atoms with Gasteiger partial charge in [-0.2, -0.15) is 0 Å². The SMILES string of the molecule is CCOC(=O)C[C@@H](NS(=O)(=O)c1ccc(OC)c2ccccc12)c1cccc([N+](=O)[O-])c1. The minimum Gasteiger partial charge on any atom is -0.496 e. The van der Waals surface area contributed by atoms with Crippen LogP contribution in [0.1, 0.15) is 24.9 Å². The zero-order chi connectivity index (χ0) is 23.3. The zero-order valence-corrected chi connectivity index (χ0v) is 18.3. The van der Waals surface area contributed by atoms with Crippen molar-refractivity contribution >= 4 is 32.5 Å². The molecule has 1 atom stereocenters. The fourth-order valence-electron chi connectivity index (χ4n) is 3.38. The number of nitrogens with zero attached hydrogens (tertiary/aromatic N) is 1. The second-order valence-electron chi connectivity index (χ2n) is 6.85. The minimum absolute atomic E-state index is 0.00631. The summed E-state index contributed by atoms with van der Waals surface area (Å²) in [7, 11) is -2.64. The van der Waals surface area contributed by atoms with Gasteiger partial charge in [0, 0.05) is 22.9 Å². The van der Waals surface area contributed by atoms with Crippen LogP contribution < -0.4 is 9.46 Å². The van der Waals surface area contributed by atoms with Crippen molar-refractivity contribution in [2.24, 2.45) is 0 Å². The Morgan fingerprint density at radius 1 is 1.09 bits per heavy atom. The number of hydrogen-bond acceptors (Lipinski definition) is 7. The normalized spacial score (nSPS) is 12.3. The number of sulfonamides is 1. The van der Waals surface area contributed by atoms with Crippen LogP contribution in [-0.2, 0) is 19.6 Å². The largest absolute Gasteiger partial charge is 0.496 e. The van der Waals surface area contributed by atoms with E-state index < -0.39 is 27.0 Å². The summed E-state index contributed by atoms with van der Waals surface area (Å²) in [5, 5.41) is 12.2. The highest BCUT2D eigenvalue weighted by molar-refractivity contribution is 7.89. The molecule has 3 aromatic carbocycles. The van der Waals surface area contributed by atoms with Gasteiger partial charge in [0.1, 0.15) is 5.75 Å². The number of nitrogens with one attached hydrogen (secondary N) is 1. The molecule has 0 fully saturated rings. The molecule has 0 saturated heterocycles. The zero-order valence-electron chi connectivity index (χ0n) is 17.5. The van der Waals surface area contributed by atoms with Crippen molar-refractivity contribution in [1.82, 2.24) is 4.72 Å². The standard InChI is InChI=1S/C22H22N2O7S/c1-3-31-22(25)14-19(15-7-6-8-16(13-15)24(26)27)23-32(28,29)21-12-11-20(30-2)17-9-4-5-10-18(17)21/h4-13,19,23H,3,14H2,1-2H3/t19-/m1/s1. The van der Waals surface area contributed by atoms with E-state index in [0.717, 1.165) is 0 Å². The first kappa shape index (κ1) is 23.2. The molecule has 32 heavy (non-hydrogen) atoms. The van der Waals surface area contributed by atoms with Gasteiger partial charge in [-0.15, -0.1) is 0 Å². The van der Waals surface area contributed by atoms with Gasteiger partial charge in [0.2, 0.25) is 10.0 Å². The Morgan fingerprint density at radius 3 is 2.47 bits per heavy atom. The summed E-state index contributed by atoms with van der Waals surface area (Å²) in [5.41, 5.74) is 0.0547. The summed E-state index contributed by atoms with van der Waals surface area (Å²) in [6.07, 6.45) is -0.331. The van der Waals surface area contributed by atoms with Crippen LogP contribution in [-0.4, -0.2) is 33.0 Å². The van der Waals surface area contributed by atoms with Crippen molar-refractivity contribution in [2.45, 2.75) is 24.3 Å². The number of carbonyl (C=O) groups is 1. The number of nitro benzene ring substituents is 1. The van der Waals surface area contributed by atoms with E-state index in [1.165, 1.54) is 37.4 Å². The van der Waals surface area contributed by atoms with E-state index in [0.29, 0.717) is 16.5 Å². The van der Waals surface area contributed by atoms with Crippen molar-refractivity contribution in [3.8, 4) is 5.75 Å². The predicted molar refractivity (Wildman–Crippen MR) is 118 cm³/mol. The fraction of sp³-hybridized carbons (Fsp3) is 0.227. The molecular formula is C22H22N2O7S. The Bertz CT molecular complexity index is 1260. The Labute approximate surface area is 185 Å². The Hall–Kier alpha value is -3.50. The second kappa shape index (κ2) is 9.75. The maximum Gasteiger partial charge on any atom is 0.307 e. The summed E-state index contributed by atoms with van der Waals surface area (Å²) in [6.45, 7) is 1.75. The smallest absolute Gasteiger partial charge is 0.307 e. The van der Waals surface area contributed by atoms with Crippen LogP contribution in [0.2, 0.25) is 0 Å². The summed E-state index contributed by atoms with van der Waals surface area (Å²) in [6, 6.07) is 14.2. The van der Waals surface area contributed by atoms with Gasteiger partial charge in [-0.1, -0.05) is 36.4 Å². The molecule has 0 aliphatic carbocycles. The summed E-state index contributed by atoms with van der Waals surface area (Å²) < 4.78 is 39.5. The number of hydrogen-bond donors (Lipinski definition) is 1. The van der Waals surface area contributed by atoms with E-state index >= 15 is 0 Å². The van der Waals surface area contributed by atoms with Gasteiger partial charge in [-0.25, -0.2) is 13.1 Å². The summed E-state index contributed by atoms with van der Waals surface area (Å²) in [4.78, 5) is 22.7. The lowest BCUT2D eigenvalue weighted by molar-refractivity contribution is -0.384. The van der Waals surface area contributed by atoms with E-state index in [1.807, 2.05) is 0 Å². The third kappa shape index (κ3) is 5.04. The van der Waals surface area contributed by atoms with E-state index in [1.54, 1.807) is 37.3 Å². The van der Waals surface area contributed by atoms with E-state index in [-0.39, 0.29) is 29.2 Å². The molecule has 0 aromatic heterocycles. The molecule has 0 saturated carbocycles. The molecule has 0 amide bonds. The van der Waals surface area contributed by atoms with Gasteiger partial charge >= 0.3 is 5.97 Å². The first-order chi connectivity index (χ1) is 15.3. The fourth-order valence-corrected chi connectivity index (χ4v) is 4.81. The topological polar surface area (TPSA) is 125 Å². The molecule has 0 aliphatic heterocycles. The molecule has 168 valence electrons. The molecule has 0 unspecified atom stereocenters. The first-order valence-corrected chi connectivity index (χ1v) is 11.2. The number of ether oxygens (including phenoxy) is 2.